The zero-order valence-electron chi connectivity index (χ0n) is 11.1. The summed E-state index contributed by atoms with van der Waals surface area (Å²) >= 11 is 0. The number of primary amides is 1. The van der Waals surface area contributed by atoms with Crippen molar-refractivity contribution in [1.82, 2.24) is 5.32 Å². The van der Waals surface area contributed by atoms with E-state index in [0.29, 0.717) is 6.42 Å². The van der Waals surface area contributed by atoms with Crippen LogP contribution in [0.3, 0.4) is 0 Å². The summed E-state index contributed by atoms with van der Waals surface area (Å²) in [6, 6.07) is 0. The fourth-order valence-electron chi connectivity index (χ4n) is 3.07. The average molecular weight is 268 g/mol. The maximum Gasteiger partial charge on any atom is 0.221 e. The summed E-state index contributed by atoms with van der Waals surface area (Å²) in [5.41, 5.74) is 4.28. The molecule has 6 heteroatoms. The largest absolute Gasteiger partial charge is 0.370 e. The average Bonchev–Trinajstić information content (AvgIpc) is 2.78. The van der Waals surface area contributed by atoms with Crippen LogP contribution in [0, 0.1) is 5.92 Å². The van der Waals surface area contributed by atoms with Crippen LogP contribution in [0.4, 0.5) is 0 Å². The molecule has 0 aromatic rings. The van der Waals surface area contributed by atoms with E-state index in [1.54, 1.807) is 6.92 Å². The first-order valence-electron chi connectivity index (χ1n) is 6.68. The van der Waals surface area contributed by atoms with Crippen LogP contribution in [0.2, 0.25) is 0 Å². The topological polar surface area (TPSA) is 98.5 Å². The standard InChI is InChI=1S/C13H20N2O4/c1-8(5-11(14)17)6-12(18)15-13-4-2-3-10(13)19-7-9(13)16/h8,10H,2-7H2,1H3,(H2,14,17)(H,15,18). The Morgan fingerprint density at radius 1 is 1.53 bits per heavy atom. The van der Waals surface area contributed by atoms with E-state index in [1.165, 1.54) is 0 Å². The molecule has 0 spiro atoms. The summed E-state index contributed by atoms with van der Waals surface area (Å²) < 4.78 is 5.42. The number of carbonyl (C=O) groups is 3. The minimum Gasteiger partial charge on any atom is -0.370 e. The molecule has 106 valence electrons. The number of nitrogens with one attached hydrogen (secondary N) is 1. The molecule has 3 N–H and O–H groups in total. The van der Waals surface area contributed by atoms with Gasteiger partial charge < -0.3 is 15.8 Å². The third-order valence-corrected chi connectivity index (χ3v) is 3.95. The van der Waals surface area contributed by atoms with Gasteiger partial charge in [0.25, 0.3) is 0 Å². The molecule has 2 rings (SSSR count). The Bertz CT molecular complexity index is 409. The Balaban J connectivity index is 1.94. The fraction of sp³-hybridized carbons (Fsp3) is 0.769. The maximum absolute atomic E-state index is 12.0. The lowest BCUT2D eigenvalue weighted by molar-refractivity contribution is -0.130. The zero-order valence-corrected chi connectivity index (χ0v) is 11.1. The SMILES string of the molecule is CC(CC(N)=O)CC(=O)NC12CCCC1OCC2=O. The molecule has 0 aromatic carbocycles. The molecule has 2 amide bonds. The first-order chi connectivity index (χ1) is 8.94. The van der Waals surface area contributed by atoms with Crippen molar-refractivity contribution in [2.75, 3.05) is 6.61 Å². The Hall–Kier alpha value is -1.43. The van der Waals surface area contributed by atoms with Crippen LogP contribution in [0.5, 0.6) is 0 Å². The zero-order chi connectivity index (χ0) is 14.0. The Morgan fingerprint density at radius 3 is 2.95 bits per heavy atom. The second-order valence-electron chi connectivity index (χ2n) is 5.61. The first kappa shape index (κ1) is 14.0. The molecule has 0 bridgehead atoms. The highest BCUT2D eigenvalue weighted by Crippen LogP contribution is 2.37. The minimum atomic E-state index is -0.816. The molecule has 3 atom stereocenters. The molecule has 0 aromatic heterocycles. The molecule has 1 saturated heterocycles. The van der Waals surface area contributed by atoms with Crippen LogP contribution in [0.15, 0.2) is 0 Å². The second kappa shape index (κ2) is 5.28. The van der Waals surface area contributed by atoms with Crippen molar-refractivity contribution < 1.29 is 19.1 Å². The quantitative estimate of drug-likeness (QED) is 0.727. The molecule has 1 saturated carbocycles. The van der Waals surface area contributed by atoms with Gasteiger partial charge in [-0.1, -0.05) is 6.92 Å². The summed E-state index contributed by atoms with van der Waals surface area (Å²) in [4.78, 5) is 34.8. The normalized spacial score (nSPS) is 31.0. The molecule has 3 unspecified atom stereocenters. The lowest BCUT2D eigenvalue weighted by atomic mass is 9.91. The van der Waals surface area contributed by atoms with Crippen molar-refractivity contribution in [2.24, 2.45) is 11.7 Å². The molecule has 2 aliphatic rings. The molecule has 2 fully saturated rings. The second-order valence-corrected chi connectivity index (χ2v) is 5.61. The van der Waals surface area contributed by atoms with Gasteiger partial charge in [0.05, 0.1) is 6.10 Å². The van der Waals surface area contributed by atoms with Crippen molar-refractivity contribution in [2.45, 2.75) is 50.7 Å². The summed E-state index contributed by atoms with van der Waals surface area (Å²) in [7, 11) is 0. The number of fused-ring (bicyclic) bond motifs is 1. The lowest BCUT2D eigenvalue weighted by Crippen LogP contribution is -2.56. The molecular weight excluding hydrogens is 248 g/mol. The maximum atomic E-state index is 12.0. The number of nitrogens with two attached hydrogens (primary N) is 1. The highest BCUT2D eigenvalue weighted by molar-refractivity contribution is 5.96. The monoisotopic (exact) mass is 268 g/mol. The molecule has 19 heavy (non-hydrogen) atoms. The third kappa shape index (κ3) is 2.78. The summed E-state index contributed by atoms with van der Waals surface area (Å²) in [6.07, 6.45) is 2.53. The van der Waals surface area contributed by atoms with Crippen molar-refractivity contribution in [1.29, 1.82) is 0 Å². The fourth-order valence-corrected chi connectivity index (χ4v) is 3.07. The number of rotatable bonds is 5. The lowest BCUT2D eigenvalue weighted by Gasteiger charge is -2.27. The van der Waals surface area contributed by atoms with Gasteiger partial charge in [0.15, 0.2) is 5.78 Å². The summed E-state index contributed by atoms with van der Waals surface area (Å²) in [6.45, 7) is 1.88. The highest BCUT2D eigenvalue weighted by Gasteiger charge is 2.54. The van der Waals surface area contributed by atoms with Crippen molar-refractivity contribution >= 4 is 17.6 Å². The van der Waals surface area contributed by atoms with Gasteiger partial charge in [-0.25, -0.2) is 0 Å². The molecule has 1 aliphatic carbocycles. The van der Waals surface area contributed by atoms with E-state index >= 15 is 0 Å². The van der Waals surface area contributed by atoms with Gasteiger partial charge in [0.1, 0.15) is 12.1 Å². The smallest absolute Gasteiger partial charge is 0.221 e. The van der Waals surface area contributed by atoms with E-state index in [1.807, 2.05) is 0 Å². The van der Waals surface area contributed by atoms with Crippen molar-refractivity contribution in [3.63, 3.8) is 0 Å². The molecule has 6 nitrogen and oxygen atoms in total. The van der Waals surface area contributed by atoms with Gasteiger partial charge >= 0.3 is 0 Å². The van der Waals surface area contributed by atoms with E-state index < -0.39 is 11.4 Å². The van der Waals surface area contributed by atoms with E-state index in [0.717, 1.165) is 12.8 Å². The Morgan fingerprint density at radius 2 is 2.26 bits per heavy atom. The van der Waals surface area contributed by atoms with E-state index in [9.17, 15) is 14.4 Å². The first-order valence-corrected chi connectivity index (χ1v) is 6.68. The van der Waals surface area contributed by atoms with Crippen LogP contribution in [-0.4, -0.2) is 35.8 Å². The van der Waals surface area contributed by atoms with Gasteiger partial charge in [-0.2, -0.15) is 0 Å². The number of hydrogen-bond acceptors (Lipinski definition) is 4. The highest BCUT2D eigenvalue weighted by atomic mass is 16.5. The summed E-state index contributed by atoms with van der Waals surface area (Å²) in [5, 5.41) is 2.84. The molecule has 1 heterocycles. The van der Waals surface area contributed by atoms with Crippen LogP contribution in [0.25, 0.3) is 0 Å². The van der Waals surface area contributed by atoms with Gasteiger partial charge in [0, 0.05) is 12.8 Å². The Kier molecular flexibility index (Phi) is 3.89. The van der Waals surface area contributed by atoms with Crippen LogP contribution < -0.4 is 11.1 Å². The number of amides is 2. The number of carbonyl (C=O) groups excluding carboxylic acids is 3. The van der Waals surface area contributed by atoms with Gasteiger partial charge in [-0.3, -0.25) is 14.4 Å². The van der Waals surface area contributed by atoms with E-state index in [-0.39, 0.29) is 43.2 Å². The van der Waals surface area contributed by atoms with Crippen LogP contribution in [0.1, 0.15) is 39.0 Å². The number of Topliss-reactive ketones (excluding diaryl/α,β-unsaturated/α-hetero) is 1. The molecular formula is C13H20N2O4. The third-order valence-electron chi connectivity index (χ3n) is 3.95. The van der Waals surface area contributed by atoms with Gasteiger partial charge in [-0.15, -0.1) is 0 Å². The molecule has 0 radical (unpaired) electrons. The van der Waals surface area contributed by atoms with Crippen molar-refractivity contribution in [3.05, 3.63) is 0 Å². The van der Waals surface area contributed by atoms with Crippen LogP contribution >= 0.6 is 0 Å². The number of ether oxygens (including phenoxy) is 1. The predicted molar refractivity (Wildman–Crippen MR) is 67.1 cm³/mol. The minimum absolute atomic E-state index is 0.0362. The number of hydrogen-bond donors (Lipinski definition) is 2. The summed E-state index contributed by atoms with van der Waals surface area (Å²) in [5.74, 6) is -0.783. The van der Waals surface area contributed by atoms with Crippen LogP contribution in [-0.2, 0) is 19.1 Å². The Labute approximate surface area is 112 Å². The van der Waals surface area contributed by atoms with Gasteiger partial charge in [0.2, 0.25) is 11.8 Å². The number of ketones is 1. The van der Waals surface area contributed by atoms with E-state index in [4.69, 9.17) is 10.5 Å². The van der Waals surface area contributed by atoms with E-state index in [2.05, 4.69) is 5.32 Å². The van der Waals surface area contributed by atoms with Gasteiger partial charge in [-0.05, 0) is 25.2 Å². The molecule has 1 aliphatic heterocycles. The van der Waals surface area contributed by atoms with Crippen molar-refractivity contribution in [3.8, 4) is 0 Å². The predicted octanol–water partition coefficient (Wildman–Crippen LogP) is -0.105.